The predicted octanol–water partition coefficient (Wildman–Crippen LogP) is 4.09. The maximum absolute atomic E-state index is 6.19. The molecule has 1 N–H and O–H groups in total. The zero-order valence-electron chi connectivity index (χ0n) is 11.6. The van der Waals surface area contributed by atoms with E-state index in [9.17, 15) is 0 Å². The molecule has 1 aromatic rings. The molecule has 0 aromatic heterocycles. The van der Waals surface area contributed by atoms with Crippen molar-refractivity contribution in [1.82, 2.24) is 10.2 Å². The summed E-state index contributed by atoms with van der Waals surface area (Å²) in [7, 11) is 4.26. The van der Waals surface area contributed by atoms with E-state index < -0.39 is 0 Å². The fourth-order valence-corrected chi connectivity index (χ4v) is 3.79. The van der Waals surface area contributed by atoms with E-state index in [2.05, 4.69) is 45.3 Å². The molecule has 1 fully saturated rings. The number of halogens is 2. The van der Waals surface area contributed by atoms with Gasteiger partial charge in [0, 0.05) is 15.5 Å². The highest BCUT2D eigenvalue weighted by Gasteiger charge is 2.29. The van der Waals surface area contributed by atoms with Gasteiger partial charge in [-0.1, -0.05) is 34.0 Å². The van der Waals surface area contributed by atoms with Crippen molar-refractivity contribution in [2.45, 2.75) is 25.3 Å². The van der Waals surface area contributed by atoms with Crippen LogP contribution in [-0.4, -0.2) is 32.1 Å². The summed E-state index contributed by atoms with van der Waals surface area (Å²) < 4.78 is 1.16. The summed E-state index contributed by atoms with van der Waals surface area (Å²) in [6.45, 7) is 2.21. The molecule has 1 heterocycles. The molecule has 2 atom stereocenters. The fraction of sp³-hybridized carbons (Fsp3) is 0.600. The standard InChI is InChI=1S/C15H22BrClN2/c1-18-10-11-5-3-4-8-19(2)15(11)13-9-12(17)6-7-14(13)16/h6-7,9,11,15,18H,3-5,8,10H2,1-2H3. The van der Waals surface area contributed by atoms with E-state index in [1.54, 1.807) is 0 Å². The molecule has 0 bridgehead atoms. The Hall–Kier alpha value is -0.0900. The highest BCUT2D eigenvalue weighted by Crippen LogP contribution is 2.38. The minimum Gasteiger partial charge on any atom is -0.319 e. The van der Waals surface area contributed by atoms with Gasteiger partial charge >= 0.3 is 0 Å². The molecular formula is C15H22BrClN2. The van der Waals surface area contributed by atoms with Gasteiger partial charge in [0.2, 0.25) is 0 Å². The Bertz CT molecular complexity index is 425. The zero-order chi connectivity index (χ0) is 13.8. The van der Waals surface area contributed by atoms with E-state index in [-0.39, 0.29) is 0 Å². The molecule has 0 spiro atoms. The van der Waals surface area contributed by atoms with Crippen LogP contribution in [0.1, 0.15) is 30.9 Å². The van der Waals surface area contributed by atoms with E-state index in [0.29, 0.717) is 12.0 Å². The number of hydrogen-bond donors (Lipinski definition) is 1. The SMILES string of the molecule is CNCC1CCCCN(C)C1c1cc(Cl)ccc1Br. The van der Waals surface area contributed by atoms with Gasteiger partial charge in [0.05, 0.1) is 0 Å². The van der Waals surface area contributed by atoms with Gasteiger partial charge < -0.3 is 5.32 Å². The molecule has 2 nitrogen and oxygen atoms in total. The zero-order valence-corrected chi connectivity index (χ0v) is 14.0. The van der Waals surface area contributed by atoms with E-state index in [0.717, 1.165) is 22.6 Å². The minimum absolute atomic E-state index is 0.433. The van der Waals surface area contributed by atoms with Gasteiger partial charge in [-0.3, -0.25) is 4.90 Å². The molecule has 0 amide bonds. The second kappa shape index (κ2) is 7.07. The Balaban J connectivity index is 2.36. The van der Waals surface area contributed by atoms with Gasteiger partial charge in [-0.2, -0.15) is 0 Å². The Morgan fingerprint density at radius 3 is 2.95 bits per heavy atom. The van der Waals surface area contributed by atoms with Crippen molar-refractivity contribution in [3.8, 4) is 0 Å². The van der Waals surface area contributed by atoms with Gasteiger partial charge in [-0.15, -0.1) is 0 Å². The third kappa shape index (κ3) is 3.72. The van der Waals surface area contributed by atoms with Crippen LogP contribution in [-0.2, 0) is 0 Å². The Morgan fingerprint density at radius 2 is 2.21 bits per heavy atom. The normalized spacial score (nSPS) is 25.3. The molecule has 2 rings (SSSR count). The molecule has 0 saturated carbocycles. The molecule has 1 saturated heterocycles. The van der Waals surface area contributed by atoms with Gasteiger partial charge in [0.1, 0.15) is 0 Å². The summed E-state index contributed by atoms with van der Waals surface area (Å²) in [6.07, 6.45) is 3.87. The second-order valence-corrected chi connectivity index (χ2v) is 6.70. The van der Waals surface area contributed by atoms with Crippen LogP contribution in [0.5, 0.6) is 0 Å². The smallest absolute Gasteiger partial charge is 0.0410 e. The maximum Gasteiger partial charge on any atom is 0.0410 e. The lowest BCUT2D eigenvalue weighted by molar-refractivity contribution is 0.190. The van der Waals surface area contributed by atoms with Gasteiger partial charge in [0.15, 0.2) is 0 Å². The summed E-state index contributed by atoms with van der Waals surface area (Å²) in [6, 6.07) is 6.55. The van der Waals surface area contributed by atoms with Crippen LogP contribution in [0, 0.1) is 5.92 Å². The van der Waals surface area contributed by atoms with Crippen molar-refractivity contribution in [2.75, 3.05) is 27.2 Å². The Labute approximate surface area is 129 Å². The maximum atomic E-state index is 6.19. The highest BCUT2D eigenvalue weighted by molar-refractivity contribution is 9.10. The minimum atomic E-state index is 0.433. The van der Waals surface area contributed by atoms with Crippen LogP contribution in [0.25, 0.3) is 0 Å². The molecule has 19 heavy (non-hydrogen) atoms. The molecule has 106 valence electrons. The average Bonchev–Trinajstić information content (AvgIpc) is 2.55. The first-order chi connectivity index (χ1) is 9.13. The van der Waals surface area contributed by atoms with Crippen LogP contribution in [0.2, 0.25) is 5.02 Å². The van der Waals surface area contributed by atoms with Crippen molar-refractivity contribution in [3.05, 3.63) is 33.3 Å². The first kappa shape index (κ1) is 15.3. The van der Waals surface area contributed by atoms with Crippen LogP contribution in [0.3, 0.4) is 0 Å². The monoisotopic (exact) mass is 344 g/mol. The average molecular weight is 346 g/mol. The number of rotatable bonds is 3. The summed E-state index contributed by atoms with van der Waals surface area (Å²) in [5.41, 5.74) is 1.32. The van der Waals surface area contributed by atoms with Crippen molar-refractivity contribution in [3.63, 3.8) is 0 Å². The van der Waals surface area contributed by atoms with Crippen molar-refractivity contribution >= 4 is 27.5 Å². The molecule has 0 aliphatic carbocycles. The molecular weight excluding hydrogens is 324 g/mol. The lowest BCUT2D eigenvalue weighted by Crippen LogP contribution is -2.34. The fourth-order valence-electron chi connectivity index (χ4n) is 3.13. The van der Waals surface area contributed by atoms with Crippen molar-refractivity contribution < 1.29 is 0 Å². The molecule has 1 aliphatic rings. The summed E-state index contributed by atoms with van der Waals surface area (Å²) in [5.74, 6) is 0.632. The number of nitrogens with zero attached hydrogens (tertiary/aromatic N) is 1. The number of likely N-dealkylation sites (tertiary alicyclic amines) is 1. The van der Waals surface area contributed by atoms with Crippen LogP contribution in [0.4, 0.5) is 0 Å². The Kier molecular flexibility index (Phi) is 5.70. The van der Waals surface area contributed by atoms with E-state index in [4.69, 9.17) is 11.6 Å². The summed E-state index contributed by atoms with van der Waals surface area (Å²) in [5, 5.41) is 4.16. The largest absolute Gasteiger partial charge is 0.319 e. The molecule has 0 radical (unpaired) electrons. The van der Waals surface area contributed by atoms with Gasteiger partial charge in [-0.25, -0.2) is 0 Å². The lowest BCUT2D eigenvalue weighted by Gasteiger charge is -2.33. The van der Waals surface area contributed by atoms with Crippen LogP contribution >= 0.6 is 27.5 Å². The van der Waals surface area contributed by atoms with E-state index in [1.807, 2.05) is 13.1 Å². The first-order valence-corrected chi connectivity index (χ1v) is 8.10. The summed E-state index contributed by atoms with van der Waals surface area (Å²) >= 11 is 9.89. The topological polar surface area (TPSA) is 15.3 Å². The highest BCUT2D eigenvalue weighted by atomic mass is 79.9. The number of hydrogen-bond acceptors (Lipinski definition) is 2. The van der Waals surface area contributed by atoms with Crippen molar-refractivity contribution in [2.24, 2.45) is 5.92 Å². The molecule has 1 aliphatic heterocycles. The second-order valence-electron chi connectivity index (χ2n) is 5.40. The van der Waals surface area contributed by atoms with Crippen LogP contribution in [0.15, 0.2) is 22.7 Å². The first-order valence-electron chi connectivity index (χ1n) is 6.93. The van der Waals surface area contributed by atoms with Gasteiger partial charge in [-0.05, 0) is 69.7 Å². The quantitative estimate of drug-likeness (QED) is 0.887. The van der Waals surface area contributed by atoms with Gasteiger partial charge in [0.25, 0.3) is 0 Å². The molecule has 2 unspecified atom stereocenters. The number of nitrogens with one attached hydrogen (secondary N) is 1. The van der Waals surface area contributed by atoms with Crippen LogP contribution < -0.4 is 5.32 Å². The number of benzene rings is 1. The van der Waals surface area contributed by atoms with Crippen molar-refractivity contribution in [1.29, 1.82) is 0 Å². The predicted molar refractivity (Wildman–Crippen MR) is 85.8 cm³/mol. The molecule has 1 aromatic carbocycles. The Morgan fingerprint density at radius 1 is 1.42 bits per heavy atom. The third-order valence-corrected chi connectivity index (χ3v) is 4.96. The lowest BCUT2D eigenvalue weighted by atomic mass is 9.89. The molecule has 4 heteroatoms. The van der Waals surface area contributed by atoms with E-state index in [1.165, 1.54) is 24.8 Å². The van der Waals surface area contributed by atoms with E-state index >= 15 is 0 Å². The third-order valence-electron chi connectivity index (χ3n) is 4.00. The summed E-state index contributed by atoms with van der Waals surface area (Å²) in [4.78, 5) is 2.48.